The summed E-state index contributed by atoms with van der Waals surface area (Å²) in [6.07, 6.45) is 5.12. The topological polar surface area (TPSA) is 160 Å². The van der Waals surface area contributed by atoms with Crippen molar-refractivity contribution in [3.8, 4) is 17.2 Å². The maximum Gasteiger partial charge on any atom is 0.163 e. The molecule has 7 rings (SSSR count). The fourth-order valence-electron chi connectivity index (χ4n) is 12.1. The lowest BCUT2D eigenvalue weighted by atomic mass is 9.68. The third kappa shape index (κ3) is 16.0. The molecule has 15 heteroatoms. The molecule has 4 aromatic rings. The second-order valence-electron chi connectivity index (χ2n) is 23.6. The zero-order valence-electron chi connectivity index (χ0n) is 49.9. The lowest BCUT2D eigenvalue weighted by molar-refractivity contribution is -0.115. The van der Waals surface area contributed by atoms with Crippen molar-refractivity contribution in [1.29, 1.82) is 0 Å². The number of anilines is 1. The van der Waals surface area contributed by atoms with Crippen LogP contribution >= 0.6 is 11.6 Å². The zero-order chi connectivity index (χ0) is 59.3. The summed E-state index contributed by atoms with van der Waals surface area (Å²) < 4.78 is 58.1. The van der Waals surface area contributed by atoms with E-state index in [1.54, 1.807) is 44.4 Å². The number of nitrogens with zero attached hydrogens (tertiary/aromatic N) is 1. The predicted molar refractivity (Wildman–Crippen MR) is 319 cm³/mol. The fraction of sp³-hybridized carbons (Fsp3) is 0.537. The van der Waals surface area contributed by atoms with Crippen LogP contribution in [0.3, 0.4) is 0 Å². The van der Waals surface area contributed by atoms with Crippen molar-refractivity contribution in [2.45, 2.75) is 150 Å². The second kappa shape index (κ2) is 29.4. The van der Waals surface area contributed by atoms with Gasteiger partial charge in [-0.05, 0) is 148 Å². The summed E-state index contributed by atoms with van der Waals surface area (Å²) in [5.74, 6) is -0.419. The van der Waals surface area contributed by atoms with Gasteiger partial charge >= 0.3 is 0 Å². The molecule has 0 saturated carbocycles. The maximum atomic E-state index is 16.1. The minimum absolute atomic E-state index is 0.0172. The molecule has 13 nitrogen and oxygen atoms in total. The van der Waals surface area contributed by atoms with Crippen LogP contribution in [0.25, 0.3) is 0 Å². The Balaban J connectivity index is 0.859. The highest BCUT2D eigenvalue weighted by Crippen LogP contribution is 2.56. The first-order valence-electron chi connectivity index (χ1n) is 29.2. The molecule has 82 heavy (non-hydrogen) atoms. The Morgan fingerprint density at radius 1 is 0.878 bits per heavy atom. The van der Waals surface area contributed by atoms with Gasteiger partial charge in [-0.2, -0.15) is 0 Å². The summed E-state index contributed by atoms with van der Waals surface area (Å²) in [4.78, 5) is 42.6. The van der Waals surface area contributed by atoms with E-state index in [0.29, 0.717) is 119 Å². The quantitative estimate of drug-likeness (QED) is 0.0391. The first-order chi connectivity index (χ1) is 39.1. The Morgan fingerprint density at radius 2 is 1.57 bits per heavy atom. The largest absolute Gasteiger partial charge is 0.508 e. The third-order valence-electron chi connectivity index (χ3n) is 16.4. The number of hydrogen-bond acceptors (Lipinski definition) is 13. The number of phenols is 1. The van der Waals surface area contributed by atoms with E-state index in [1.165, 1.54) is 12.1 Å². The van der Waals surface area contributed by atoms with Crippen LogP contribution in [0.2, 0.25) is 5.02 Å². The van der Waals surface area contributed by atoms with E-state index in [2.05, 4.69) is 32.6 Å². The van der Waals surface area contributed by atoms with Crippen LogP contribution < -0.4 is 14.4 Å². The Hall–Kier alpha value is -5.45. The van der Waals surface area contributed by atoms with Crippen molar-refractivity contribution >= 4 is 34.6 Å². The molecule has 4 aromatic carbocycles. The molecule has 5 atom stereocenters. The molecule has 2 N–H and O–H groups in total. The van der Waals surface area contributed by atoms with E-state index in [4.69, 9.17) is 44.8 Å². The fourth-order valence-corrected chi connectivity index (χ4v) is 12.3. The van der Waals surface area contributed by atoms with Crippen LogP contribution in [0, 0.1) is 31.0 Å². The van der Waals surface area contributed by atoms with Gasteiger partial charge in [-0.15, -0.1) is 0 Å². The number of carbonyl (C=O) groups is 3. The molecule has 0 amide bonds. The summed E-state index contributed by atoms with van der Waals surface area (Å²) in [5, 5.41) is 24.2. The number of Topliss-reactive ketones (excluding diaryl/α,β-unsaturated/α-hetero) is 3. The number of ether oxygens (including phenoxy) is 7. The molecule has 3 aliphatic rings. The normalized spacial score (nSPS) is 20.0. The molecule has 0 bridgehead atoms. The van der Waals surface area contributed by atoms with Gasteiger partial charge in [-0.1, -0.05) is 81.3 Å². The van der Waals surface area contributed by atoms with Crippen molar-refractivity contribution in [1.82, 2.24) is 0 Å². The highest BCUT2D eigenvalue weighted by molar-refractivity contribution is 6.30. The number of phenolic OH excluding ortho intramolecular Hbond substituents is 1. The van der Waals surface area contributed by atoms with Gasteiger partial charge in [0.05, 0.1) is 52.4 Å². The summed E-state index contributed by atoms with van der Waals surface area (Å²) in [5.41, 5.74) is 5.76. The lowest BCUT2D eigenvalue weighted by Crippen LogP contribution is -2.43. The van der Waals surface area contributed by atoms with Gasteiger partial charge in [0, 0.05) is 91.1 Å². The SMILES string of the molecule is CCN(c1cc(OCCOCCOCCOCCCC(=O)c2ccc(CC(C)C3OC(CC(C)(C)C)[C@](O)(c4ccc(Cl)cc4F)[C@H]3c3cccc(O)c3C)c(OC)c2)cc(C(=O)CCC2=C(C)C=C(C)CC2=O)c1C)C1CCOCC1. The monoisotopic (exact) mass is 1150 g/mol. The van der Waals surface area contributed by atoms with Crippen LogP contribution in [0.1, 0.15) is 154 Å². The van der Waals surface area contributed by atoms with Gasteiger partial charge in [0.15, 0.2) is 17.3 Å². The second-order valence-corrected chi connectivity index (χ2v) is 24.0. The Morgan fingerprint density at radius 3 is 2.23 bits per heavy atom. The van der Waals surface area contributed by atoms with Gasteiger partial charge in [0.1, 0.15) is 35.3 Å². The standard InChI is InChI=1S/C67H87ClFNO12/c1-11-70(50-23-26-78-27-24-50)57-40-51(39-54(45(57)5)60(73)22-20-52-43(3)34-42(2)35-61(52)74)81-33-32-80-31-30-79-29-28-77-25-13-16-59(72)47-17-18-48(62(37-47)76-10)36-44(4)65-64(53-14-12-15-58(71)46(53)6)67(75,63(82-65)41-66(7,8)9)55-21-19-49(68)38-56(55)69/h12,14-15,17-19,21,34,37-40,44,50,63-65,71,75H,11,13,16,20,22-33,35-36,41H2,1-10H3/t44?,63?,64-,65?,67+/m0/s1. The number of aromatic hydroxyl groups is 1. The van der Waals surface area contributed by atoms with Crippen molar-refractivity contribution in [2.75, 3.05) is 78.0 Å². The molecule has 2 saturated heterocycles. The molecule has 0 radical (unpaired) electrons. The number of ketones is 3. The summed E-state index contributed by atoms with van der Waals surface area (Å²) in [6.45, 7) is 22.6. The number of methoxy groups -OCH3 is 1. The molecule has 0 aromatic heterocycles. The van der Waals surface area contributed by atoms with Crippen LogP contribution in [0.5, 0.6) is 17.2 Å². The van der Waals surface area contributed by atoms with Crippen LogP contribution in [0.4, 0.5) is 10.1 Å². The van der Waals surface area contributed by atoms with E-state index in [9.17, 15) is 24.6 Å². The zero-order valence-corrected chi connectivity index (χ0v) is 50.7. The average molecular weight is 1150 g/mol. The number of allylic oxidation sites excluding steroid dienone is 4. The van der Waals surface area contributed by atoms with Gasteiger partial charge in [0.25, 0.3) is 0 Å². The Bertz CT molecular complexity index is 2920. The summed E-state index contributed by atoms with van der Waals surface area (Å²) in [7, 11) is 1.57. The van der Waals surface area contributed by atoms with E-state index in [-0.39, 0.29) is 70.5 Å². The minimum Gasteiger partial charge on any atom is -0.508 e. The van der Waals surface area contributed by atoms with Crippen LogP contribution in [-0.4, -0.2) is 119 Å². The molecular weight excluding hydrogens is 1070 g/mol. The van der Waals surface area contributed by atoms with Crippen molar-refractivity contribution < 1.29 is 62.1 Å². The number of carbonyl (C=O) groups excluding carboxylic acids is 3. The van der Waals surface area contributed by atoms with E-state index in [1.807, 2.05) is 58.0 Å². The van der Waals surface area contributed by atoms with Gasteiger partial charge in [-0.3, -0.25) is 14.4 Å². The van der Waals surface area contributed by atoms with Gasteiger partial charge in [0.2, 0.25) is 0 Å². The van der Waals surface area contributed by atoms with Crippen LogP contribution in [-0.2, 0) is 40.5 Å². The van der Waals surface area contributed by atoms with Crippen molar-refractivity contribution in [3.05, 3.63) is 139 Å². The van der Waals surface area contributed by atoms with E-state index >= 15 is 4.39 Å². The Kier molecular flexibility index (Phi) is 23.0. The molecule has 2 fully saturated rings. The number of benzene rings is 4. The molecule has 446 valence electrons. The highest BCUT2D eigenvalue weighted by Gasteiger charge is 2.60. The van der Waals surface area contributed by atoms with Crippen molar-refractivity contribution in [2.24, 2.45) is 11.3 Å². The predicted octanol–water partition coefficient (Wildman–Crippen LogP) is 13.2. The molecule has 1 aliphatic carbocycles. The smallest absolute Gasteiger partial charge is 0.163 e. The maximum absolute atomic E-state index is 16.1. The summed E-state index contributed by atoms with van der Waals surface area (Å²) >= 11 is 6.23. The highest BCUT2D eigenvalue weighted by atomic mass is 35.5. The number of rotatable bonds is 29. The summed E-state index contributed by atoms with van der Waals surface area (Å²) in [6, 6.07) is 19.1. The number of halogens is 2. The lowest BCUT2D eigenvalue weighted by Gasteiger charge is -2.38. The molecular formula is C67H87ClFNO12. The number of hydrogen-bond donors (Lipinski definition) is 2. The van der Waals surface area contributed by atoms with Crippen molar-refractivity contribution in [3.63, 3.8) is 0 Å². The first-order valence-corrected chi connectivity index (χ1v) is 29.6. The van der Waals surface area contributed by atoms with E-state index in [0.717, 1.165) is 52.9 Å². The minimum atomic E-state index is -1.82. The molecule has 2 heterocycles. The average Bonchev–Trinajstić information content (AvgIpc) is 3.73. The van der Waals surface area contributed by atoms with Gasteiger partial charge < -0.3 is 48.3 Å². The third-order valence-corrected chi connectivity index (χ3v) is 16.6. The number of aliphatic hydroxyl groups is 1. The first kappa shape index (κ1) is 64.1. The molecule has 2 aliphatic heterocycles. The van der Waals surface area contributed by atoms with Crippen LogP contribution in [0.15, 0.2) is 89.5 Å². The van der Waals surface area contributed by atoms with E-state index < -0.39 is 29.5 Å². The molecule has 0 spiro atoms. The molecule has 3 unspecified atom stereocenters. The van der Waals surface area contributed by atoms with Gasteiger partial charge in [-0.25, -0.2) is 4.39 Å². The Labute approximate surface area is 490 Å².